The number of hydrogen-bond donors (Lipinski definition) is 3. The molecular weight excluding hydrogens is 480 g/mol. The number of carbonyl (C=O) groups is 1. The Kier molecular flexibility index (Phi) is 6.31. The Bertz CT molecular complexity index is 1550. The summed E-state index contributed by atoms with van der Waals surface area (Å²) in [5, 5.41) is 12.4. The molecule has 3 N–H and O–H groups in total. The number of aromatic nitrogens is 2. The largest absolute Gasteiger partial charge is 0.299 e. The molecule has 0 fully saturated rings. The summed E-state index contributed by atoms with van der Waals surface area (Å²) in [7, 11) is -4.18. The van der Waals surface area contributed by atoms with Gasteiger partial charge >= 0.3 is 0 Å². The van der Waals surface area contributed by atoms with Crippen molar-refractivity contribution >= 4 is 15.9 Å². The first kappa shape index (κ1) is 23.7. The second-order valence-corrected chi connectivity index (χ2v) is 10.4. The van der Waals surface area contributed by atoms with Gasteiger partial charge in [-0.05, 0) is 28.8 Å². The van der Waals surface area contributed by atoms with E-state index in [2.05, 4.69) is 5.10 Å². The van der Waals surface area contributed by atoms with Crippen molar-refractivity contribution in [3.63, 3.8) is 0 Å². The number of sulfonamides is 1. The Hall–Kier alpha value is -3.99. The molecule has 0 saturated carbocycles. The van der Waals surface area contributed by atoms with Crippen LogP contribution in [0.15, 0.2) is 94.6 Å². The highest BCUT2D eigenvalue weighted by atomic mass is 32.2. The molecule has 4 aromatic rings. The zero-order valence-corrected chi connectivity index (χ0v) is 20.0. The lowest BCUT2D eigenvalue weighted by molar-refractivity contribution is -0.133. The summed E-state index contributed by atoms with van der Waals surface area (Å²) < 4.78 is 29.6. The van der Waals surface area contributed by atoms with E-state index in [1.54, 1.807) is 12.1 Å². The van der Waals surface area contributed by atoms with Gasteiger partial charge < -0.3 is 0 Å². The van der Waals surface area contributed by atoms with Crippen molar-refractivity contribution < 1.29 is 18.4 Å². The number of amides is 1. The highest BCUT2D eigenvalue weighted by Crippen LogP contribution is 2.33. The van der Waals surface area contributed by atoms with Gasteiger partial charge in [-0.25, -0.2) is 18.6 Å². The minimum atomic E-state index is -4.18. The van der Waals surface area contributed by atoms with E-state index >= 15 is 0 Å². The van der Waals surface area contributed by atoms with Crippen molar-refractivity contribution in [3.8, 4) is 11.1 Å². The minimum absolute atomic E-state index is 0.00760. The van der Waals surface area contributed by atoms with Crippen molar-refractivity contribution in [1.82, 2.24) is 19.6 Å². The van der Waals surface area contributed by atoms with E-state index in [1.165, 1.54) is 22.3 Å². The summed E-state index contributed by atoms with van der Waals surface area (Å²) in [4.78, 5) is 26.0. The second kappa shape index (κ2) is 9.57. The summed E-state index contributed by atoms with van der Waals surface area (Å²) in [5.41, 5.74) is 4.15. The molecule has 1 aromatic heterocycles. The summed E-state index contributed by atoms with van der Waals surface area (Å²) in [6.45, 7) is 0.187. The third-order valence-corrected chi connectivity index (χ3v) is 8.20. The zero-order valence-electron chi connectivity index (χ0n) is 19.2. The molecule has 3 aromatic carbocycles. The minimum Gasteiger partial charge on any atom is -0.299 e. The van der Waals surface area contributed by atoms with E-state index in [0.29, 0.717) is 5.69 Å². The van der Waals surface area contributed by atoms with Crippen LogP contribution >= 0.6 is 0 Å². The molecule has 1 aliphatic rings. The van der Waals surface area contributed by atoms with Crippen LogP contribution in [0.2, 0.25) is 0 Å². The fourth-order valence-electron chi connectivity index (χ4n) is 4.56. The summed E-state index contributed by atoms with van der Waals surface area (Å²) in [6, 6.07) is 23.6. The molecule has 1 amide bonds. The molecule has 1 atom stereocenters. The number of nitrogens with zero attached hydrogens (tertiary/aromatic N) is 2. The number of H-pyrrole nitrogens is 1. The van der Waals surface area contributed by atoms with Gasteiger partial charge in [-0.1, -0.05) is 72.8 Å². The van der Waals surface area contributed by atoms with Gasteiger partial charge in [0.15, 0.2) is 0 Å². The summed E-state index contributed by atoms with van der Waals surface area (Å²) in [5.74, 6) is -0.997. The van der Waals surface area contributed by atoms with E-state index in [4.69, 9.17) is 0 Å². The molecule has 184 valence electrons. The first-order valence-electron chi connectivity index (χ1n) is 11.4. The third kappa shape index (κ3) is 4.26. The average molecular weight is 505 g/mol. The number of carbonyl (C=O) groups excluding carboxylic acids is 1. The molecule has 0 aliphatic carbocycles. The van der Waals surface area contributed by atoms with Crippen molar-refractivity contribution in [1.29, 1.82) is 0 Å². The van der Waals surface area contributed by atoms with Crippen LogP contribution in [0, 0.1) is 0 Å². The van der Waals surface area contributed by atoms with E-state index in [9.17, 15) is 23.2 Å². The predicted octanol–water partition coefficient (Wildman–Crippen LogP) is 2.69. The topological polar surface area (TPSA) is 124 Å². The number of rotatable bonds is 6. The molecule has 10 heteroatoms. The van der Waals surface area contributed by atoms with Crippen LogP contribution < -0.4 is 11.0 Å². The number of aromatic amines is 1. The average Bonchev–Trinajstić information content (AvgIpc) is 3.23. The van der Waals surface area contributed by atoms with Gasteiger partial charge in [-0.3, -0.25) is 19.9 Å². The fourth-order valence-corrected chi connectivity index (χ4v) is 6.12. The van der Waals surface area contributed by atoms with Crippen molar-refractivity contribution in [3.05, 3.63) is 112 Å². The van der Waals surface area contributed by atoms with E-state index in [0.717, 1.165) is 21.0 Å². The van der Waals surface area contributed by atoms with Crippen molar-refractivity contribution in [2.45, 2.75) is 23.9 Å². The Morgan fingerprint density at radius 1 is 0.944 bits per heavy atom. The van der Waals surface area contributed by atoms with Crippen LogP contribution in [0.5, 0.6) is 0 Å². The summed E-state index contributed by atoms with van der Waals surface area (Å²) in [6.07, 6.45) is 0.211. The van der Waals surface area contributed by atoms with Crippen molar-refractivity contribution in [2.24, 2.45) is 0 Å². The molecule has 2 heterocycles. The Balaban J connectivity index is 1.51. The maximum absolute atomic E-state index is 13.6. The van der Waals surface area contributed by atoms with Gasteiger partial charge in [0.25, 0.3) is 11.5 Å². The molecule has 1 unspecified atom stereocenters. The quantitative estimate of drug-likeness (QED) is 0.275. The Morgan fingerprint density at radius 3 is 2.19 bits per heavy atom. The van der Waals surface area contributed by atoms with Crippen LogP contribution in [0.4, 0.5) is 0 Å². The predicted molar refractivity (Wildman–Crippen MR) is 133 cm³/mol. The van der Waals surface area contributed by atoms with Gasteiger partial charge in [-0.2, -0.15) is 4.31 Å². The molecule has 0 saturated heterocycles. The standard InChI is InChI=1S/C26H24N4O5S/c31-25(28-33)24-23-22(27-29(26(23)32)17-18-7-3-1-4-8-18)15-16-30(24)36(34,35)21-13-11-20(12-14-21)19-9-5-2-6-10-19/h1-14,24,27,33H,15-17H2,(H,28,31). The molecule has 0 spiro atoms. The van der Waals surface area contributed by atoms with Crippen LogP contribution in [-0.4, -0.2) is 40.2 Å². The first-order chi connectivity index (χ1) is 17.4. The molecule has 0 radical (unpaired) electrons. The van der Waals surface area contributed by atoms with E-state index < -0.39 is 27.5 Å². The molecule has 36 heavy (non-hydrogen) atoms. The lowest BCUT2D eigenvalue weighted by Gasteiger charge is -2.32. The number of fused-ring (bicyclic) bond motifs is 1. The van der Waals surface area contributed by atoms with Crippen LogP contribution in [0.1, 0.15) is 22.9 Å². The number of nitrogens with one attached hydrogen (secondary N) is 2. The third-order valence-electron chi connectivity index (χ3n) is 6.32. The SMILES string of the molecule is O=C(NO)C1c2c([nH]n(Cc3ccccc3)c2=O)CCN1S(=O)(=O)c1ccc(-c2ccccc2)cc1. The number of benzene rings is 3. The maximum Gasteiger partial charge on any atom is 0.272 e. The normalized spacial score (nSPS) is 15.9. The lowest BCUT2D eigenvalue weighted by atomic mass is 10.0. The van der Waals surface area contributed by atoms with Gasteiger partial charge in [0.1, 0.15) is 6.04 Å². The van der Waals surface area contributed by atoms with Crippen LogP contribution in [-0.2, 0) is 27.8 Å². The smallest absolute Gasteiger partial charge is 0.272 e. The summed E-state index contributed by atoms with van der Waals surface area (Å²) >= 11 is 0. The van der Waals surface area contributed by atoms with Gasteiger partial charge in [0, 0.05) is 18.7 Å². The number of hydrogen-bond acceptors (Lipinski definition) is 5. The second-order valence-electron chi connectivity index (χ2n) is 8.52. The molecule has 1 aliphatic heterocycles. The van der Waals surface area contributed by atoms with Crippen molar-refractivity contribution in [2.75, 3.05) is 6.54 Å². The highest BCUT2D eigenvalue weighted by Gasteiger charge is 2.43. The van der Waals surface area contributed by atoms with E-state index in [1.807, 2.05) is 60.7 Å². The monoisotopic (exact) mass is 504 g/mol. The highest BCUT2D eigenvalue weighted by molar-refractivity contribution is 7.89. The zero-order chi connectivity index (χ0) is 25.3. The van der Waals surface area contributed by atoms with Crippen LogP contribution in [0.3, 0.4) is 0 Å². The Morgan fingerprint density at radius 2 is 1.56 bits per heavy atom. The van der Waals surface area contributed by atoms with Gasteiger partial charge in [0.2, 0.25) is 10.0 Å². The van der Waals surface area contributed by atoms with E-state index in [-0.39, 0.29) is 30.0 Å². The van der Waals surface area contributed by atoms with Gasteiger partial charge in [-0.15, -0.1) is 0 Å². The number of hydroxylamine groups is 1. The Labute approximate surface area is 207 Å². The molecule has 0 bridgehead atoms. The van der Waals surface area contributed by atoms with Crippen LogP contribution in [0.25, 0.3) is 11.1 Å². The maximum atomic E-state index is 13.6. The molecule has 5 rings (SSSR count). The fraction of sp³-hybridized carbons (Fsp3) is 0.154. The van der Waals surface area contributed by atoms with Gasteiger partial charge in [0.05, 0.1) is 17.0 Å². The lowest BCUT2D eigenvalue weighted by Crippen LogP contribution is -2.48. The molecule has 9 nitrogen and oxygen atoms in total. The molecular formula is C26H24N4O5S. The first-order valence-corrected chi connectivity index (χ1v) is 12.8.